The number of hydrogen-bond donors (Lipinski definition) is 1. The van der Waals surface area contributed by atoms with Crippen molar-refractivity contribution in [1.82, 2.24) is 14.4 Å². The van der Waals surface area contributed by atoms with Crippen molar-refractivity contribution in [2.45, 2.75) is 0 Å². The number of aromatic nitrogens is 3. The molecule has 1 N–H and O–H groups in total. The summed E-state index contributed by atoms with van der Waals surface area (Å²) in [5.41, 5.74) is 3.82. The van der Waals surface area contributed by atoms with Crippen molar-refractivity contribution in [1.29, 1.82) is 0 Å². The van der Waals surface area contributed by atoms with Gasteiger partial charge >= 0.3 is 0 Å². The molecule has 31 heavy (non-hydrogen) atoms. The number of rotatable bonds is 4. The van der Waals surface area contributed by atoms with Gasteiger partial charge in [-0.3, -0.25) is 9.20 Å². The maximum atomic E-state index is 12.3. The summed E-state index contributed by atoms with van der Waals surface area (Å²) in [6.45, 7) is 0. The maximum Gasteiger partial charge on any atom is 0.291 e. The Morgan fingerprint density at radius 2 is 1.84 bits per heavy atom. The van der Waals surface area contributed by atoms with Crippen LogP contribution in [-0.4, -0.2) is 20.3 Å². The number of fused-ring (bicyclic) bond motifs is 1. The molecule has 0 atom stereocenters. The lowest BCUT2D eigenvalue weighted by Crippen LogP contribution is -2.10. The molecule has 0 fully saturated rings. The lowest BCUT2D eigenvalue weighted by Gasteiger charge is -2.07. The molecule has 3 aromatic heterocycles. The smallest absolute Gasteiger partial charge is 0.291 e. The van der Waals surface area contributed by atoms with E-state index in [1.54, 1.807) is 36.5 Å². The summed E-state index contributed by atoms with van der Waals surface area (Å²) in [6, 6.07) is 16.0. The van der Waals surface area contributed by atoms with Crippen LogP contribution >= 0.6 is 23.2 Å². The van der Waals surface area contributed by atoms with Gasteiger partial charge in [0.1, 0.15) is 0 Å². The van der Waals surface area contributed by atoms with E-state index < -0.39 is 0 Å². The molecule has 8 heteroatoms. The first-order valence-corrected chi connectivity index (χ1v) is 10.1. The van der Waals surface area contributed by atoms with Gasteiger partial charge in [-0.2, -0.15) is 0 Å². The number of benzene rings is 2. The van der Waals surface area contributed by atoms with Crippen LogP contribution in [0.4, 0.5) is 5.69 Å². The van der Waals surface area contributed by atoms with E-state index in [0.717, 1.165) is 11.1 Å². The van der Waals surface area contributed by atoms with E-state index in [-0.39, 0.29) is 11.7 Å². The maximum absolute atomic E-state index is 12.3. The van der Waals surface area contributed by atoms with Gasteiger partial charge in [-0.05, 0) is 48.0 Å². The Kier molecular flexibility index (Phi) is 4.94. The van der Waals surface area contributed by atoms with Gasteiger partial charge in [0, 0.05) is 40.4 Å². The quantitative estimate of drug-likeness (QED) is 0.354. The van der Waals surface area contributed by atoms with Gasteiger partial charge in [-0.25, -0.2) is 9.97 Å². The molecule has 152 valence electrons. The number of carbonyl (C=O) groups is 1. The first kappa shape index (κ1) is 19.4. The summed E-state index contributed by atoms with van der Waals surface area (Å²) in [5.74, 6) is 0.416. The molecular formula is C23H14Cl2N4O2. The summed E-state index contributed by atoms with van der Waals surface area (Å²) < 4.78 is 6.97. The van der Waals surface area contributed by atoms with Crippen LogP contribution in [-0.2, 0) is 0 Å². The number of anilines is 1. The van der Waals surface area contributed by atoms with Crippen LogP contribution < -0.4 is 5.32 Å². The predicted molar refractivity (Wildman–Crippen MR) is 121 cm³/mol. The Balaban J connectivity index is 1.48. The van der Waals surface area contributed by atoms with Crippen molar-refractivity contribution < 1.29 is 9.21 Å². The molecule has 0 saturated carbocycles. The molecule has 0 unspecified atom stereocenters. The second kappa shape index (κ2) is 7.91. The summed E-state index contributed by atoms with van der Waals surface area (Å²) in [6.07, 6.45) is 7.00. The predicted octanol–water partition coefficient (Wildman–Crippen LogP) is 6.22. The fourth-order valence-electron chi connectivity index (χ4n) is 3.21. The first-order chi connectivity index (χ1) is 15.1. The molecule has 2 aromatic carbocycles. The van der Waals surface area contributed by atoms with Gasteiger partial charge in [0.25, 0.3) is 5.91 Å². The fraction of sp³-hybridized carbons (Fsp3) is 0. The summed E-state index contributed by atoms with van der Waals surface area (Å²) in [7, 11) is 0. The molecule has 5 rings (SSSR count). The van der Waals surface area contributed by atoms with Crippen molar-refractivity contribution in [2.24, 2.45) is 0 Å². The highest BCUT2D eigenvalue weighted by Gasteiger charge is 2.14. The van der Waals surface area contributed by atoms with Crippen LogP contribution in [0.1, 0.15) is 10.6 Å². The fourth-order valence-corrected chi connectivity index (χ4v) is 3.55. The largest absolute Gasteiger partial charge is 0.459 e. The number of imidazole rings is 1. The number of carbonyl (C=O) groups excluding carboxylic acids is 1. The van der Waals surface area contributed by atoms with Crippen molar-refractivity contribution >= 4 is 40.6 Å². The highest BCUT2D eigenvalue weighted by atomic mass is 35.5. The van der Waals surface area contributed by atoms with Gasteiger partial charge in [0.2, 0.25) is 5.78 Å². The Morgan fingerprint density at radius 3 is 2.61 bits per heavy atom. The molecule has 0 aliphatic heterocycles. The summed E-state index contributed by atoms with van der Waals surface area (Å²) >= 11 is 12.4. The zero-order chi connectivity index (χ0) is 21.4. The molecule has 1 amide bonds. The molecule has 0 aliphatic rings. The molecule has 3 heterocycles. The highest BCUT2D eigenvalue weighted by Crippen LogP contribution is 2.31. The molecular weight excluding hydrogens is 435 g/mol. The molecule has 0 spiro atoms. The summed E-state index contributed by atoms with van der Waals surface area (Å²) in [4.78, 5) is 21.3. The first-order valence-electron chi connectivity index (χ1n) is 9.32. The van der Waals surface area contributed by atoms with Crippen LogP contribution in [0.2, 0.25) is 10.0 Å². The van der Waals surface area contributed by atoms with E-state index in [9.17, 15) is 4.79 Å². The number of halogens is 2. The SMILES string of the molecule is O=C(Nc1ccc(Cl)c(-c2cn3cc(-c4ccc(Cl)cc4)cnc3n2)c1)c1ccco1. The molecule has 0 saturated heterocycles. The van der Waals surface area contributed by atoms with Crippen molar-refractivity contribution in [3.63, 3.8) is 0 Å². The van der Waals surface area contributed by atoms with Crippen molar-refractivity contribution in [2.75, 3.05) is 5.32 Å². The third-order valence-electron chi connectivity index (χ3n) is 4.73. The van der Waals surface area contributed by atoms with E-state index >= 15 is 0 Å². The van der Waals surface area contributed by atoms with E-state index in [0.29, 0.717) is 32.8 Å². The number of hydrogen-bond acceptors (Lipinski definition) is 4. The Hall–Kier alpha value is -3.61. The average molecular weight is 449 g/mol. The Morgan fingerprint density at radius 1 is 1.00 bits per heavy atom. The van der Waals surface area contributed by atoms with Crippen LogP contribution in [0.15, 0.2) is 83.9 Å². The van der Waals surface area contributed by atoms with Gasteiger partial charge in [0.15, 0.2) is 5.76 Å². The molecule has 0 radical (unpaired) electrons. The van der Waals surface area contributed by atoms with Crippen molar-refractivity contribution in [3.05, 3.63) is 95.3 Å². The standard InChI is InChI=1S/C23H14Cl2N4O2/c24-16-5-3-14(4-6-16)15-11-26-23-28-20(13-29(23)12-15)18-10-17(7-8-19(18)25)27-22(30)21-2-1-9-31-21/h1-13H,(H,27,30). The van der Waals surface area contributed by atoms with E-state index in [1.807, 2.05) is 41.1 Å². The van der Waals surface area contributed by atoms with Gasteiger partial charge in [0.05, 0.1) is 17.0 Å². The number of nitrogens with zero attached hydrogens (tertiary/aromatic N) is 3. The third-order valence-corrected chi connectivity index (χ3v) is 5.31. The van der Waals surface area contributed by atoms with E-state index in [1.165, 1.54) is 6.26 Å². The minimum absolute atomic E-state index is 0.225. The molecule has 0 bridgehead atoms. The zero-order valence-corrected chi connectivity index (χ0v) is 17.4. The minimum Gasteiger partial charge on any atom is -0.459 e. The van der Waals surface area contributed by atoms with Crippen LogP contribution in [0.3, 0.4) is 0 Å². The average Bonchev–Trinajstić information content (AvgIpc) is 3.45. The van der Waals surface area contributed by atoms with Crippen LogP contribution in [0, 0.1) is 0 Å². The summed E-state index contributed by atoms with van der Waals surface area (Å²) in [5, 5.41) is 3.99. The van der Waals surface area contributed by atoms with Gasteiger partial charge in [-0.15, -0.1) is 0 Å². The topological polar surface area (TPSA) is 72.4 Å². The number of furan rings is 1. The third kappa shape index (κ3) is 3.91. The van der Waals surface area contributed by atoms with Crippen molar-refractivity contribution in [3.8, 4) is 22.4 Å². The minimum atomic E-state index is -0.345. The van der Waals surface area contributed by atoms with E-state index in [2.05, 4.69) is 15.3 Å². The lowest BCUT2D eigenvalue weighted by atomic mass is 10.1. The van der Waals surface area contributed by atoms with Crippen LogP contribution in [0.25, 0.3) is 28.2 Å². The monoisotopic (exact) mass is 448 g/mol. The van der Waals surface area contributed by atoms with Gasteiger partial charge in [-0.1, -0.05) is 35.3 Å². The molecule has 6 nitrogen and oxygen atoms in total. The molecule has 0 aliphatic carbocycles. The van der Waals surface area contributed by atoms with Gasteiger partial charge < -0.3 is 9.73 Å². The Labute approximate surface area is 187 Å². The number of nitrogens with one attached hydrogen (secondary N) is 1. The van der Waals surface area contributed by atoms with E-state index in [4.69, 9.17) is 27.6 Å². The van der Waals surface area contributed by atoms with Crippen LogP contribution in [0.5, 0.6) is 0 Å². The second-order valence-electron chi connectivity index (χ2n) is 6.81. The normalized spacial score (nSPS) is 11.0. The molecule has 5 aromatic rings. The lowest BCUT2D eigenvalue weighted by molar-refractivity contribution is 0.0996. The zero-order valence-electron chi connectivity index (χ0n) is 15.9. The highest BCUT2D eigenvalue weighted by molar-refractivity contribution is 6.33. The number of amides is 1. The second-order valence-corrected chi connectivity index (χ2v) is 7.65. The Bertz CT molecular complexity index is 1390.